The van der Waals surface area contributed by atoms with E-state index >= 15 is 0 Å². The third kappa shape index (κ3) is 3.26. The molecule has 3 heteroatoms. The monoisotopic (exact) mass is 257 g/mol. The van der Waals surface area contributed by atoms with Crippen LogP contribution in [0.2, 0.25) is 0 Å². The van der Waals surface area contributed by atoms with E-state index in [1.165, 1.54) is 0 Å². The SMILES string of the molecule is Cc1ccc(Oc2cccc(N(C)C)c2)c(CO)c1. The fraction of sp³-hybridized carbons (Fsp3) is 0.250. The van der Waals surface area contributed by atoms with E-state index in [0.29, 0.717) is 5.75 Å². The Hall–Kier alpha value is -2.00. The average molecular weight is 257 g/mol. The van der Waals surface area contributed by atoms with E-state index in [-0.39, 0.29) is 6.61 Å². The van der Waals surface area contributed by atoms with Crippen LogP contribution < -0.4 is 9.64 Å². The summed E-state index contributed by atoms with van der Waals surface area (Å²) in [6.07, 6.45) is 0. The second-order valence-electron chi connectivity index (χ2n) is 4.76. The number of hydrogen-bond donors (Lipinski definition) is 1. The Kier molecular flexibility index (Phi) is 4.07. The van der Waals surface area contributed by atoms with Gasteiger partial charge in [0.25, 0.3) is 0 Å². The molecule has 0 radical (unpaired) electrons. The number of aliphatic hydroxyl groups is 1. The highest BCUT2D eigenvalue weighted by Gasteiger charge is 2.05. The molecule has 0 aliphatic carbocycles. The van der Waals surface area contributed by atoms with Crippen molar-refractivity contribution in [2.75, 3.05) is 19.0 Å². The first-order valence-corrected chi connectivity index (χ1v) is 6.26. The van der Waals surface area contributed by atoms with Crippen LogP contribution >= 0.6 is 0 Å². The molecule has 3 nitrogen and oxygen atoms in total. The Morgan fingerprint density at radius 3 is 2.58 bits per heavy atom. The van der Waals surface area contributed by atoms with Gasteiger partial charge in [-0.2, -0.15) is 0 Å². The molecule has 1 N–H and O–H groups in total. The molecule has 0 aliphatic rings. The number of hydrogen-bond acceptors (Lipinski definition) is 3. The van der Waals surface area contributed by atoms with E-state index in [1.807, 2.05) is 68.4 Å². The van der Waals surface area contributed by atoms with E-state index in [4.69, 9.17) is 4.74 Å². The largest absolute Gasteiger partial charge is 0.457 e. The molecule has 0 aromatic heterocycles. The molecule has 2 rings (SSSR count). The van der Waals surface area contributed by atoms with Gasteiger partial charge in [-0.25, -0.2) is 0 Å². The minimum absolute atomic E-state index is 0.0234. The quantitative estimate of drug-likeness (QED) is 0.911. The van der Waals surface area contributed by atoms with Crippen LogP contribution in [-0.4, -0.2) is 19.2 Å². The fourth-order valence-electron chi connectivity index (χ4n) is 1.88. The van der Waals surface area contributed by atoms with E-state index in [0.717, 1.165) is 22.6 Å². The van der Waals surface area contributed by atoms with Crippen molar-refractivity contribution in [3.05, 3.63) is 53.6 Å². The predicted molar refractivity (Wildman–Crippen MR) is 77.9 cm³/mol. The van der Waals surface area contributed by atoms with Crippen LogP contribution in [0.5, 0.6) is 11.5 Å². The topological polar surface area (TPSA) is 32.7 Å². The molecule has 0 aliphatic heterocycles. The van der Waals surface area contributed by atoms with Gasteiger partial charge in [-0.05, 0) is 25.1 Å². The molecule has 0 amide bonds. The third-order valence-electron chi connectivity index (χ3n) is 2.95. The number of anilines is 1. The van der Waals surface area contributed by atoms with Crippen molar-refractivity contribution < 1.29 is 9.84 Å². The Morgan fingerprint density at radius 1 is 1.11 bits per heavy atom. The number of aryl methyl sites for hydroxylation is 1. The smallest absolute Gasteiger partial charge is 0.132 e. The maximum absolute atomic E-state index is 9.38. The highest BCUT2D eigenvalue weighted by atomic mass is 16.5. The van der Waals surface area contributed by atoms with Crippen LogP contribution in [0.25, 0.3) is 0 Å². The lowest BCUT2D eigenvalue weighted by atomic mass is 10.1. The summed E-state index contributed by atoms with van der Waals surface area (Å²) in [6.45, 7) is 1.97. The lowest BCUT2D eigenvalue weighted by Crippen LogP contribution is -2.08. The summed E-state index contributed by atoms with van der Waals surface area (Å²) < 4.78 is 5.86. The molecule has 0 fully saturated rings. The van der Waals surface area contributed by atoms with Gasteiger partial charge in [0.2, 0.25) is 0 Å². The third-order valence-corrected chi connectivity index (χ3v) is 2.95. The predicted octanol–water partition coefficient (Wildman–Crippen LogP) is 3.35. The zero-order valence-electron chi connectivity index (χ0n) is 11.6. The van der Waals surface area contributed by atoms with Crippen LogP contribution in [0.4, 0.5) is 5.69 Å². The molecule has 0 unspecified atom stereocenters. The highest BCUT2D eigenvalue weighted by Crippen LogP contribution is 2.28. The number of nitrogens with zero attached hydrogens (tertiary/aromatic N) is 1. The lowest BCUT2D eigenvalue weighted by molar-refractivity contribution is 0.276. The molecule has 0 bridgehead atoms. The van der Waals surface area contributed by atoms with Gasteiger partial charge in [0.1, 0.15) is 11.5 Å². The molecule has 2 aromatic carbocycles. The minimum atomic E-state index is -0.0234. The number of ether oxygens (including phenoxy) is 1. The van der Waals surface area contributed by atoms with Crippen molar-refractivity contribution in [3.8, 4) is 11.5 Å². The van der Waals surface area contributed by atoms with Gasteiger partial charge < -0.3 is 14.7 Å². The van der Waals surface area contributed by atoms with Gasteiger partial charge in [0.05, 0.1) is 6.61 Å². The molecule has 0 atom stereocenters. The summed E-state index contributed by atoms with van der Waals surface area (Å²) in [4.78, 5) is 2.02. The second kappa shape index (κ2) is 5.76. The number of benzene rings is 2. The van der Waals surface area contributed by atoms with Gasteiger partial charge >= 0.3 is 0 Å². The second-order valence-corrected chi connectivity index (χ2v) is 4.76. The zero-order valence-corrected chi connectivity index (χ0v) is 11.6. The number of aliphatic hydroxyl groups excluding tert-OH is 1. The van der Waals surface area contributed by atoms with Crippen molar-refractivity contribution >= 4 is 5.69 Å². The molecule has 100 valence electrons. The highest BCUT2D eigenvalue weighted by molar-refractivity contribution is 5.51. The van der Waals surface area contributed by atoms with Crippen LogP contribution in [0.15, 0.2) is 42.5 Å². The molecule has 2 aromatic rings. The molecule has 0 saturated heterocycles. The first-order valence-electron chi connectivity index (χ1n) is 6.26. The van der Waals surface area contributed by atoms with Gasteiger partial charge in [0, 0.05) is 31.4 Å². The van der Waals surface area contributed by atoms with Crippen molar-refractivity contribution in [2.24, 2.45) is 0 Å². The summed E-state index contributed by atoms with van der Waals surface area (Å²) in [5.41, 5.74) is 2.99. The van der Waals surface area contributed by atoms with Crippen molar-refractivity contribution in [3.63, 3.8) is 0 Å². The summed E-state index contributed by atoms with van der Waals surface area (Å²) in [7, 11) is 3.98. The summed E-state index contributed by atoms with van der Waals surface area (Å²) in [5, 5.41) is 9.38. The maximum Gasteiger partial charge on any atom is 0.132 e. The van der Waals surface area contributed by atoms with Gasteiger partial charge in [0.15, 0.2) is 0 Å². The molecule has 0 saturated carbocycles. The molecular weight excluding hydrogens is 238 g/mol. The van der Waals surface area contributed by atoms with Crippen LogP contribution in [0.1, 0.15) is 11.1 Å². The van der Waals surface area contributed by atoms with Crippen LogP contribution in [0, 0.1) is 6.92 Å². The van der Waals surface area contributed by atoms with Gasteiger partial charge in [-0.15, -0.1) is 0 Å². The Bertz CT molecular complexity index is 564. The molecular formula is C16H19NO2. The summed E-state index contributed by atoms with van der Waals surface area (Å²) >= 11 is 0. The summed E-state index contributed by atoms with van der Waals surface area (Å²) in [5.74, 6) is 1.47. The van der Waals surface area contributed by atoms with Crippen LogP contribution in [0.3, 0.4) is 0 Å². The normalized spacial score (nSPS) is 10.3. The zero-order chi connectivity index (χ0) is 13.8. The van der Waals surface area contributed by atoms with E-state index in [2.05, 4.69) is 0 Å². The van der Waals surface area contributed by atoms with Crippen molar-refractivity contribution in [2.45, 2.75) is 13.5 Å². The van der Waals surface area contributed by atoms with Gasteiger partial charge in [-0.1, -0.05) is 23.8 Å². The first-order chi connectivity index (χ1) is 9.10. The lowest BCUT2D eigenvalue weighted by Gasteiger charge is -2.15. The standard InChI is InChI=1S/C16H19NO2/c1-12-7-8-16(13(9-12)11-18)19-15-6-4-5-14(10-15)17(2)3/h4-10,18H,11H2,1-3H3. The van der Waals surface area contributed by atoms with Crippen molar-refractivity contribution in [1.29, 1.82) is 0 Å². The fourth-order valence-corrected chi connectivity index (χ4v) is 1.88. The van der Waals surface area contributed by atoms with E-state index in [9.17, 15) is 5.11 Å². The maximum atomic E-state index is 9.38. The minimum Gasteiger partial charge on any atom is -0.457 e. The Labute approximate surface area is 114 Å². The van der Waals surface area contributed by atoms with Crippen LogP contribution in [-0.2, 0) is 6.61 Å². The number of rotatable bonds is 4. The Balaban J connectivity index is 2.28. The van der Waals surface area contributed by atoms with E-state index < -0.39 is 0 Å². The molecule has 0 spiro atoms. The van der Waals surface area contributed by atoms with Gasteiger partial charge in [-0.3, -0.25) is 0 Å². The summed E-state index contributed by atoms with van der Waals surface area (Å²) in [6, 6.07) is 13.7. The molecule has 0 heterocycles. The average Bonchev–Trinajstić information content (AvgIpc) is 2.41. The molecule has 19 heavy (non-hydrogen) atoms. The van der Waals surface area contributed by atoms with E-state index in [1.54, 1.807) is 0 Å². The Morgan fingerprint density at radius 2 is 1.89 bits per heavy atom. The van der Waals surface area contributed by atoms with Crippen molar-refractivity contribution in [1.82, 2.24) is 0 Å². The first kappa shape index (κ1) is 13.4.